The summed E-state index contributed by atoms with van der Waals surface area (Å²) < 4.78 is 10.6. The number of methoxy groups -OCH3 is 2. The molecule has 0 spiro atoms. The van der Waals surface area contributed by atoms with Crippen molar-refractivity contribution in [2.45, 2.75) is 56.5 Å². The minimum atomic E-state index is -0.0784. The lowest BCUT2D eigenvalue weighted by Crippen LogP contribution is -2.39. The number of hydrogen-bond donors (Lipinski definition) is 2. The van der Waals surface area contributed by atoms with Crippen molar-refractivity contribution in [3.63, 3.8) is 0 Å². The van der Waals surface area contributed by atoms with Crippen molar-refractivity contribution >= 4 is 11.6 Å². The van der Waals surface area contributed by atoms with Crippen molar-refractivity contribution in [3.05, 3.63) is 35.1 Å². The molecule has 2 aliphatic carbocycles. The molecule has 2 N–H and O–H groups in total. The van der Waals surface area contributed by atoms with E-state index in [0.29, 0.717) is 41.8 Å². The minimum absolute atomic E-state index is 0.0524. The molecule has 6 heteroatoms. The van der Waals surface area contributed by atoms with Crippen LogP contribution in [0.4, 0.5) is 0 Å². The molecule has 1 saturated carbocycles. The largest absolute Gasteiger partial charge is 0.511 e. The Bertz CT molecular complexity index is 814. The minimum Gasteiger partial charge on any atom is -0.511 e. The number of carbonyl (C=O) groups is 1. The molecule has 3 atom stereocenters. The quantitative estimate of drug-likeness (QED) is 0.850. The Balaban J connectivity index is 1.57. The van der Waals surface area contributed by atoms with Gasteiger partial charge in [-0.05, 0) is 36.5 Å². The average Bonchev–Trinajstić information content (AvgIpc) is 3.10. The van der Waals surface area contributed by atoms with Gasteiger partial charge in [-0.15, -0.1) is 0 Å². The molecule has 1 heterocycles. The molecule has 1 aromatic rings. The van der Waals surface area contributed by atoms with Crippen molar-refractivity contribution < 1.29 is 19.4 Å². The summed E-state index contributed by atoms with van der Waals surface area (Å²) in [7, 11) is 3.18. The number of ether oxygens (including phenoxy) is 2. The highest BCUT2D eigenvalue weighted by Crippen LogP contribution is 2.38. The van der Waals surface area contributed by atoms with E-state index in [9.17, 15) is 9.90 Å². The van der Waals surface area contributed by atoms with Gasteiger partial charge in [-0.2, -0.15) is 0 Å². The van der Waals surface area contributed by atoms with E-state index in [-0.39, 0.29) is 23.5 Å². The van der Waals surface area contributed by atoms with E-state index in [4.69, 9.17) is 14.5 Å². The summed E-state index contributed by atoms with van der Waals surface area (Å²) in [6, 6.07) is 6.20. The second-order valence-corrected chi connectivity index (χ2v) is 7.54. The molecular formula is C21H26N2O4. The van der Waals surface area contributed by atoms with Gasteiger partial charge in [0.05, 0.1) is 25.8 Å². The number of amidine groups is 1. The molecule has 3 unspecified atom stereocenters. The SMILES string of the molecule is COc1ccc(C2CC(=O)C(C3=NC4CCCCC4N3)=C(O)C2)cc1OC. The maximum atomic E-state index is 12.9. The summed E-state index contributed by atoms with van der Waals surface area (Å²) in [5.74, 6) is 1.88. The number of nitrogens with one attached hydrogen (secondary N) is 1. The standard InChI is InChI=1S/C21H26N2O4/c1-26-18-8-7-12(11-19(18)27-2)13-9-16(24)20(17(25)10-13)21-22-14-5-3-4-6-15(14)23-21/h7-8,11,13-15,24H,3-6,9-10H2,1-2H3,(H,22,23). The number of carbonyl (C=O) groups excluding carboxylic acids is 1. The van der Waals surface area contributed by atoms with Crippen molar-refractivity contribution in [2.75, 3.05) is 14.2 Å². The predicted octanol–water partition coefficient (Wildman–Crippen LogP) is 3.28. The van der Waals surface area contributed by atoms with Crippen LogP contribution in [0.25, 0.3) is 0 Å². The maximum Gasteiger partial charge on any atom is 0.170 e. The predicted molar refractivity (Wildman–Crippen MR) is 103 cm³/mol. The number of benzene rings is 1. The fourth-order valence-electron chi connectivity index (χ4n) is 4.46. The number of allylic oxidation sites excluding steroid dienone is 1. The van der Waals surface area contributed by atoms with Gasteiger partial charge in [0.15, 0.2) is 17.3 Å². The molecule has 0 bridgehead atoms. The van der Waals surface area contributed by atoms with Crippen molar-refractivity contribution in [3.8, 4) is 11.5 Å². The van der Waals surface area contributed by atoms with Crippen LogP contribution in [0.1, 0.15) is 50.0 Å². The molecule has 0 saturated heterocycles. The van der Waals surface area contributed by atoms with Gasteiger partial charge in [-0.25, -0.2) is 0 Å². The summed E-state index contributed by atoms with van der Waals surface area (Å²) in [4.78, 5) is 17.6. The highest BCUT2D eigenvalue weighted by atomic mass is 16.5. The van der Waals surface area contributed by atoms with Crippen LogP contribution in [-0.4, -0.2) is 43.0 Å². The smallest absolute Gasteiger partial charge is 0.170 e. The average molecular weight is 370 g/mol. The van der Waals surface area contributed by atoms with E-state index in [0.717, 1.165) is 18.4 Å². The van der Waals surface area contributed by atoms with Crippen LogP contribution in [0.5, 0.6) is 11.5 Å². The number of ketones is 1. The van der Waals surface area contributed by atoms with Crippen LogP contribution in [0.2, 0.25) is 0 Å². The van der Waals surface area contributed by atoms with Gasteiger partial charge in [0.1, 0.15) is 11.6 Å². The van der Waals surface area contributed by atoms with Crippen molar-refractivity contribution in [2.24, 2.45) is 4.99 Å². The molecular weight excluding hydrogens is 344 g/mol. The molecule has 0 aromatic heterocycles. The molecule has 4 rings (SSSR count). The van der Waals surface area contributed by atoms with Gasteiger partial charge < -0.3 is 19.9 Å². The van der Waals surface area contributed by atoms with E-state index in [1.165, 1.54) is 12.8 Å². The van der Waals surface area contributed by atoms with Crippen molar-refractivity contribution in [1.29, 1.82) is 0 Å². The first-order valence-corrected chi connectivity index (χ1v) is 9.62. The summed E-state index contributed by atoms with van der Waals surface area (Å²) in [5, 5.41) is 14.1. The Morgan fingerprint density at radius 2 is 1.89 bits per heavy atom. The van der Waals surface area contributed by atoms with Gasteiger partial charge in [-0.3, -0.25) is 9.79 Å². The first-order valence-electron chi connectivity index (χ1n) is 9.62. The van der Waals surface area contributed by atoms with Crippen molar-refractivity contribution in [1.82, 2.24) is 5.32 Å². The van der Waals surface area contributed by atoms with Gasteiger partial charge in [-0.1, -0.05) is 18.9 Å². The first-order chi connectivity index (χ1) is 13.1. The summed E-state index contributed by atoms with van der Waals surface area (Å²) in [5.41, 5.74) is 1.35. The number of aliphatic hydroxyl groups excluding tert-OH is 1. The Morgan fingerprint density at radius 1 is 1.11 bits per heavy atom. The second-order valence-electron chi connectivity index (χ2n) is 7.54. The van der Waals surface area contributed by atoms with Crippen LogP contribution in [0.15, 0.2) is 34.5 Å². The third kappa shape index (κ3) is 3.29. The Kier molecular flexibility index (Phi) is 4.81. The summed E-state index contributed by atoms with van der Waals surface area (Å²) >= 11 is 0. The van der Waals surface area contributed by atoms with E-state index < -0.39 is 0 Å². The van der Waals surface area contributed by atoms with Crippen LogP contribution in [-0.2, 0) is 4.79 Å². The zero-order valence-electron chi connectivity index (χ0n) is 15.8. The number of fused-ring (bicyclic) bond motifs is 1. The molecule has 0 amide bonds. The monoisotopic (exact) mass is 370 g/mol. The molecule has 1 aromatic carbocycles. The second kappa shape index (κ2) is 7.25. The number of aliphatic hydroxyl groups is 1. The summed E-state index contributed by atoms with van der Waals surface area (Å²) in [6.07, 6.45) is 5.28. The van der Waals surface area contributed by atoms with Crippen LogP contribution in [0, 0.1) is 0 Å². The van der Waals surface area contributed by atoms with Gasteiger partial charge >= 0.3 is 0 Å². The highest BCUT2D eigenvalue weighted by Gasteiger charge is 2.37. The number of nitrogens with zero attached hydrogens (tertiary/aromatic N) is 1. The lowest BCUT2D eigenvalue weighted by atomic mass is 9.82. The zero-order chi connectivity index (χ0) is 19.0. The van der Waals surface area contributed by atoms with Crippen LogP contribution < -0.4 is 14.8 Å². The lowest BCUT2D eigenvalue weighted by Gasteiger charge is -2.25. The number of hydrogen-bond acceptors (Lipinski definition) is 6. The number of Topliss-reactive ketones (excluding diaryl/α,β-unsaturated/α-hetero) is 1. The molecule has 6 nitrogen and oxygen atoms in total. The molecule has 1 fully saturated rings. The Morgan fingerprint density at radius 3 is 2.59 bits per heavy atom. The first kappa shape index (κ1) is 17.9. The van der Waals surface area contributed by atoms with E-state index in [2.05, 4.69) is 5.32 Å². The lowest BCUT2D eigenvalue weighted by molar-refractivity contribution is -0.116. The Labute approximate surface area is 159 Å². The van der Waals surface area contributed by atoms with E-state index >= 15 is 0 Å². The van der Waals surface area contributed by atoms with E-state index in [1.807, 2.05) is 18.2 Å². The third-order valence-electron chi connectivity index (χ3n) is 5.90. The van der Waals surface area contributed by atoms with Gasteiger partial charge in [0.25, 0.3) is 0 Å². The normalized spacial score (nSPS) is 27.7. The molecule has 144 valence electrons. The number of rotatable bonds is 4. The highest BCUT2D eigenvalue weighted by molar-refractivity contribution is 6.23. The fourth-order valence-corrected chi connectivity index (χ4v) is 4.46. The fraction of sp³-hybridized carbons (Fsp3) is 0.524. The Hall–Kier alpha value is -2.50. The van der Waals surface area contributed by atoms with Crippen LogP contribution >= 0.6 is 0 Å². The van der Waals surface area contributed by atoms with Crippen LogP contribution in [0.3, 0.4) is 0 Å². The molecule has 3 aliphatic rings. The molecule has 1 aliphatic heterocycles. The zero-order valence-corrected chi connectivity index (χ0v) is 15.8. The maximum absolute atomic E-state index is 12.9. The van der Waals surface area contributed by atoms with Gasteiger partial charge in [0.2, 0.25) is 0 Å². The van der Waals surface area contributed by atoms with E-state index in [1.54, 1.807) is 14.2 Å². The molecule has 0 radical (unpaired) electrons. The third-order valence-corrected chi connectivity index (χ3v) is 5.90. The van der Waals surface area contributed by atoms with Gasteiger partial charge in [0, 0.05) is 18.9 Å². The topological polar surface area (TPSA) is 80.2 Å². The number of aliphatic imine (C=N–C) groups is 1. The summed E-state index contributed by atoms with van der Waals surface area (Å²) in [6.45, 7) is 0. The molecule has 27 heavy (non-hydrogen) atoms.